The number of hydrogen-bond donors (Lipinski definition) is 1. The predicted octanol–water partition coefficient (Wildman–Crippen LogP) is 6.88. The fourth-order valence-corrected chi connectivity index (χ4v) is 5.08. The molecule has 0 amide bonds. The summed E-state index contributed by atoms with van der Waals surface area (Å²) in [6.45, 7) is 7.63. The molecule has 3 nitrogen and oxygen atoms in total. The smallest absolute Gasteiger partial charge is 0.193 e. The van der Waals surface area contributed by atoms with E-state index in [0.29, 0.717) is 5.56 Å². The van der Waals surface area contributed by atoms with Crippen LogP contribution >= 0.6 is 0 Å². The molecule has 31 heavy (non-hydrogen) atoms. The van der Waals surface area contributed by atoms with E-state index in [4.69, 9.17) is 4.74 Å². The van der Waals surface area contributed by atoms with Crippen LogP contribution in [0.25, 0.3) is 11.1 Å². The lowest BCUT2D eigenvalue weighted by Crippen LogP contribution is -2.34. The summed E-state index contributed by atoms with van der Waals surface area (Å²) in [7, 11) is 1.73. The van der Waals surface area contributed by atoms with E-state index in [1.165, 1.54) is 54.4 Å². The summed E-state index contributed by atoms with van der Waals surface area (Å²) in [5, 5.41) is 10.3. The molecule has 0 spiro atoms. The molecule has 0 aromatic heterocycles. The molecule has 0 saturated heterocycles. The normalized spacial score (nSPS) is 17.7. The first kappa shape index (κ1) is 23.5. The molecule has 3 rings (SSSR count). The summed E-state index contributed by atoms with van der Waals surface area (Å²) in [4.78, 5) is 12.8. The maximum atomic E-state index is 12.8. The van der Waals surface area contributed by atoms with Gasteiger partial charge in [0.1, 0.15) is 11.4 Å². The van der Waals surface area contributed by atoms with Crippen molar-refractivity contribution >= 4 is 5.78 Å². The summed E-state index contributed by atoms with van der Waals surface area (Å²) in [5.41, 5.74) is 4.36. The molecule has 1 unspecified atom stereocenters. The Kier molecular flexibility index (Phi) is 7.26. The van der Waals surface area contributed by atoms with E-state index in [9.17, 15) is 9.90 Å². The zero-order valence-electron chi connectivity index (χ0n) is 19.9. The molecule has 168 valence electrons. The number of unbranched alkanes of at least 4 members (excludes halogenated alkanes) is 3. The summed E-state index contributed by atoms with van der Waals surface area (Å²) in [6.07, 6.45) is 9.19. The monoisotopic (exact) mass is 422 g/mol. The number of carbonyl (C=O) groups excluding carboxylic acids is 1. The van der Waals surface area contributed by atoms with Crippen LogP contribution in [0, 0.1) is 0 Å². The van der Waals surface area contributed by atoms with Gasteiger partial charge in [0.2, 0.25) is 0 Å². The second-order valence-electron chi connectivity index (χ2n) is 9.69. The summed E-state index contributed by atoms with van der Waals surface area (Å²) >= 11 is 0. The minimum Gasteiger partial charge on any atom is -0.497 e. The van der Waals surface area contributed by atoms with Crippen molar-refractivity contribution in [2.75, 3.05) is 7.11 Å². The zero-order chi connectivity index (χ0) is 22.6. The molecule has 0 aliphatic heterocycles. The van der Waals surface area contributed by atoms with Gasteiger partial charge in [0, 0.05) is 11.0 Å². The topological polar surface area (TPSA) is 46.5 Å². The van der Waals surface area contributed by atoms with Crippen molar-refractivity contribution in [3.05, 3.63) is 53.1 Å². The molecule has 2 aromatic carbocycles. The van der Waals surface area contributed by atoms with Crippen molar-refractivity contribution in [1.29, 1.82) is 0 Å². The molecule has 1 aliphatic carbocycles. The highest BCUT2D eigenvalue weighted by molar-refractivity contribution is 6.02. The highest BCUT2D eigenvalue weighted by Crippen LogP contribution is 2.50. The highest BCUT2D eigenvalue weighted by Gasteiger charge is 2.39. The molecule has 0 saturated carbocycles. The standard InChI is InChI=1S/C28H38O3/c1-6-8-10-16-28(15-9-7-2)19-21-17-20(26(29)27(3,4)30)11-13-23(21)24-14-12-22(31-5)18-25(24)28/h11-14,17-18,30H,6-10,15-16,19H2,1-5H3. The molecule has 2 aromatic rings. The second kappa shape index (κ2) is 9.56. The highest BCUT2D eigenvalue weighted by atomic mass is 16.5. The summed E-state index contributed by atoms with van der Waals surface area (Å²) in [5.74, 6) is 0.688. The zero-order valence-corrected chi connectivity index (χ0v) is 19.9. The van der Waals surface area contributed by atoms with Crippen molar-refractivity contribution in [2.24, 2.45) is 0 Å². The first-order chi connectivity index (χ1) is 14.8. The van der Waals surface area contributed by atoms with E-state index >= 15 is 0 Å². The van der Waals surface area contributed by atoms with Gasteiger partial charge >= 0.3 is 0 Å². The van der Waals surface area contributed by atoms with Crippen LogP contribution in [-0.4, -0.2) is 23.6 Å². The number of ketones is 1. The molecule has 0 fully saturated rings. The van der Waals surface area contributed by atoms with E-state index in [1.54, 1.807) is 21.0 Å². The van der Waals surface area contributed by atoms with Gasteiger partial charge in [0.15, 0.2) is 5.78 Å². The minimum atomic E-state index is -1.37. The van der Waals surface area contributed by atoms with Gasteiger partial charge < -0.3 is 9.84 Å². The number of rotatable bonds is 10. The van der Waals surface area contributed by atoms with E-state index < -0.39 is 5.60 Å². The van der Waals surface area contributed by atoms with Crippen LogP contribution < -0.4 is 4.74 Å². The van der Waals surface area contributed by atoms with Gasteiger partial charge in [0.05, 0.1) is 7.11 Å². The maximum Gasteiger partial charge on any atom is 0.193 e. The number of methoxy groups -OCH3 is 1. The van der Waals surface area contributed by atoms with Crippen molar-refractivity contribution < 1.29 is 14.6 Å². The van der Waals surface area contributed by atoms with Crippen molar-refractivity contribution in [1.82, 2.24) is 0 Å². The molecular formula is C28H38O3. The molecule has 0 bridgehead atoms. The third-order valence-corrected chi connectivity index (χ3v) is 6.81. The van der Waals surface area contributed by atoms with Crippen LogP contribution in [0.3, 0.4) is 0 Å². The number of Topliss-reactive ketones (excluding diaryl/α,β-unsaturated/α-hetero) is 1. The third-order valence-electron chi connectivity index (χ3n) is 6.81. The molecule has 1 N–H and O–H groups in total. The molecule has 1 aliphatic rings. The van der Waals surface area contributed by atoms with Crippen LogP contribution in [0.2, 0.25) is 0 Å². The maximum absolute atomic E-state index is 12.8. The average Bonchev–Trinajstić information content (AvgIpc) is 2.76. The quantitative estimate of drug-likeness (QED) is 0.335. The fraction of sp³-hybridized carbons (Fsp3) is 0.536. The second-order valence-corrected chi connectivity index (χ2v) is 9.69. The average molecular weight is 423 g/mol. The van der Waals surface area contributed by atoms with Gasteiger partial charge in [-0.15, -0.1) is 0 Å². The van der Waals surface area contributed by atoms with Gasteiger partial charge in [-0.05, 0) is 73.6 Å². The lowest BCUT2D eigenvalue weighted by atomic mass is 9.63. The first-order valence-corrected chi connectivity index (χ1v) is 11.8. The number of benzene rings is 2. The lowest BCUT2D eigenvalue weighted by Gasteiger charge is -2.41. The largest absolute Gasteiger partial charge is 0.497 e. The molecule has 0 heterocycles. The lowest BCUT2D eigenvalue weighted by molar-refractivity contribution is 0.0488. The Bertz CT molecular complexity index is 922. The van der Waals surface area contributed by atoms with Crippen molar-refractivity contribution in [3.63, 3.8) is 0 Å². The van der Waals surface area contributed by atoms with Crippen LogP contribution in [0.5, 0.6) is 5.75 Å². The van der Waals surface area contributed by atoms with E-state index in [1.807, 2.05) is 18.2 Å². The van der Waals surface area contributed by atoms with E-state index in [0.717, 1.165) is 25.0 Å². The van der Waals surface area contributed by atoms with Gasteiger partial charge in [-0.2, -0.15) is 0 Å². The minimum absolute atomic E-state index is 0.0540. The summed E-state index contributed by atoms with van der Waals surface area (Å²) in [6, 6.07) is 12.4. The van der Waals surface area contributed by atoms with E-state index in [-0.39, 0.29) is 11.2 Å². The Morgan fingerprint density at radius 1 is 1.00 bits per heavy atom. The Hall–Kier alpha value is -2.13. The van der Waals surface area contributed by atoms with Gasteiger partial charge in [-0.1, -0.05) is 64.2 Å². The number of fused-ring (bicyclic) bond motifs is 3. The molecule has 1 atom stereocenters. The van der Waals surface area contributed by atoms with Gasteiger partial charge in [-0.25, -0.2) is 0 Å². The number of carbonyl (C=O) groups is 1. The van der Waals surface area contributed by atoms with Crippen molar-refractivity contribution in [3.8, 4) is 16.9 Å². The number of ether oxygens (including phenoxy) is 1. The SMILES string of the molecule is CCCCCC1(CCCC)Cc2cc(C(=O)C(C)(C)O)ccc2-c2ccc(OC)cc21. The summed E-state index contributed by atoms with van der Waals surface area (Å²) < 4.78 is 5.61. The molecule has 3 heteroatoms. The van der Waals surface area contributed by atoms with Gasteiger partial charge in [0.25, 0.3) is 0 Å². The molecule has 0 radical (unpaired) electrons. The van der Waals surface area contributed by atoms with Crippen LogP contribution in [0.1, 0.15) is 94.1 Å². The predicted molar refractivity (Wildman–Crippen MR) is 128 cm³/mol. The fourth-order valence-electron chi connectivity index (χ4n) is 5.08. The van der Waals surface area contributed by atoms with Crippen LogP contribution in [0.15, 0.2) is 36.4 Å². The first-order valence-electron chi connectivity index (χ1n) is 11.8. The Labute approximate surface area is 187 Å². The van der Waals surface area contributed by atoms with Crippen molar-refractivity contribution in [2.45, 2.75) is 90.1 Å². The Balaban J connectivity index is 2.16. The van der Waals surface area contributed by atoms with Crippen LogP contribution in [-0.2, 0) is 11.8 Å². The third kappa shape index (κ3) is 4.87. The van der Waals surface area contributed by atoms with Gasteiger partial charge in [-0.3, -0.25) is 4.79 Å². The Morgan fingerprint density at radius 2 is 1.68 bits per heavy atom. The van der Waals surface area contributed by atoms with E-state index in [2.05, 4.69) is 32.0 Å². The number of hydrogen-bond acceptors (Lipinski definition) is 3. The van der Waals surface area contributed by atoms with Crippen LogP contribution in [0.4, 0.5) is 0 Å². The number of aliphatic hydroxyl groups is 1. The Morgan fingerprint density at radius 3 is 2.32 bits per heavy atom. The molecular weight excluding hydrogens is 384 g/mol.